The standard InChI is InChI=1S/C10H18BrNO/c1-9(13)2-5-12-6-3-10(8-11)4-7-12/h10H,2-8H2,1H3. The van der Waals surface area contributed by atoms with Gasteiger partial charge in [0.05, 0.1) is 0 Å². The highest BCUT2D eigenvalue weighted by molar-refractivity contribution is 9.09. The van der Waals surface area contributed by atoms with Crippen molar-refractivity contribution in [2.75, 3.05) is 25.0 Å². The maximum Gasteiger partial charge on any atom is 0.131 e. The van der Waals surface area contributed by atoms with E-state index in [1.165, 1.54) is 25.9 Å². The number of piperidine rings is 1. The third-order valence-corrected chi connectivity index (χ3v) is 3.62. The number of likely N-dealkylation sites (tertiary alicyclic amines) is 1. The second-order valence-corrected chi connectivity index (χ2v) is 4.54. The lowest BCUT2D eigenvalue weighted by Crippen LogP contribution is -2.35. The summed E-state index contributed by atoms with van der Waals surface area (Å²) in [5.41, 5.74) is 0. The lowest BCUT2D eigenvalue weighted by Gasteiger charge is -2.30. The fourth-order valence-corrected chi connectivity index (χ4v) is 2.33. The normalized spacial score (nSPS) is 20.5. The summed E-state index contributed by atoms with van der Waals surface area (Å²) >= 11 is 3.52. The minimum atomic E-state index is 0.308. The average molecular weight is 248 g/mol. The molecule has 0 amide bonds. The van der Waals surface area contributed by atoms with Crippen LogP contribution in [0.1, 0.15) is 26.2 Å². The van der Waals surface area contributed by atoms with E-state index in [2.05, 4.69) is 20.8 Å². The molecule has 3 heteroatoms. The molecule has 0 unspecified atom stereocenters. The van der Waals surface area contributed by atoms with Gasteiger partial charge in [0, 0.05) is 18.3 Å². The zero-order chi connectivity index (χ0) is 9.68. The van der Waals surface area contributed by atoms with Crippen LogP contribution in [0, 0.1) is 5.92 Å². The molecule has 0 atom stereocenters. The number of Topliss-reactive ketones (excluding diaryl/α,β-unsaturated/α-hetero) is 1. The average Bonchev–Trinajstić information content (AvgIpc) is 2.15. The van der Waals surface area contributed by atoms with Gasteiger partial charge in [-0.2, -0.15) is 0 Å². The molecule has 76 valence electrons. The Morgan fingerprint density at radius 2 is 2.08 bits per heavy atom. The number of halogens is 1. The van der Waals surface area contributed by atoms with Crippen LogP contribution in [-0.2, 0) is 4.79 Å². The van der Waals surface area contributed by atoms with Gasteiger partial charge in [-0.1, -0.05) is 15.9 Å². The second kappa shape index (κ2) is 5.76. The number of ketones is 1. The first kappa shape index (κ1) is 11.2. The zero-order valence-electron chi connectivity index (χ0n) is 8.26. The van der Waals surface area contributed by atoms with Gasteiger partial charge in [-0.3, -0.25) is 4.79 Å². The van der Waals surface area contributed by atoms with Crippen molar-refractivity contribution in [2.24, 2.45) is 5.92 Å². The number of carbonyl (C=O) groups is 1. The van der Waals surface area contributed by atoms with Gasteiger partial charge >= 0.3 is 0 Å². The molecular weight excluding hydrogens is 230 g/mol. The van der Waals surface area contributed by atoms with Crippen molar-refractivity contribution in [3.63, 3.8) is 0 Å². The largest absolute Gasteiger partial charge is 0.303 e. The van der Waals surface area contributed by atoms with Crippen LogP contribution in [0.15, 0.2) is 0 Å². The van der Waals surface area contributed by atoms with Crippen LogP contribution < -0.4 is 0 Å². The van der Waals surface area contributed by atoms with Crippen LogP contribution in [0.5, 0.6) is 0 Å². The fraction of sp³-hybridized carbons (Fsp3) is 0.900. The summed E-state index contributed by atoms with van der Waals surface area (Å²) in [6.45, 7) is 4.97. The Kier molecular flexibility index (Phi) is 4.96. The van der Waals surface area contributed by atoms with E-state index in [1.807, 2.05) is 0 Å². The van der Waals surface area contributed by atoms with Crippen molar-refractivity contribution in [1.82, 2.24) is 4.90 Å². The molecule has 0 aromatic carbocycles. The Morgan fingerprint density at radius 1 is 1.46 bits per heavy atom. The molecule has 1 saturated heterocycles. The Balaban J connectivity index is 2.14. The van der Waals surface area contributed by atoms with Crippen LogP contribution >= 0.6 is 15.9 Å². The van der Waals surface area contributed by atoms with Crippen molar-refractivity contribution in [1.29, 1.82) is 0 Å². The van der Waals surface area contributed by atoms with E-state index in [-0.39, 0.29) is 0 Å². The van der Waals surface area contributed by atoms with Crippen molar-refractivity contribution >= 4 is 21.7 Å². The first-order chi connectivity index (χ1) is 6.22. The van der Waals surface area contributed by atoms with Crippen LogP contribution in [-0.4, -0.2) is 35.6 Å². The molecule has 1 aliphatic rings. The lowest BCUT2D eigenvalue weighted by atomic mass is 9.99. The van der Waals surface area contributed by atoms with Gasteiger partial charge in [0.25, 0.3) is 0 Å². The molecule has 0 spiro atoms. The number of rotatable bonds is 4. The van der Waals surface area contributed by atoms with Crippen LogP contribution in [0.3, 0.4) is 0 Å². The molecule has 0 radical (unpaired) electrons. The molecule has 1 aliphatic heterocycles. The highest BCUT2D eigenvalue weighted by Crippen LogP contribution is 2.18. The van der Waals surface area contributed by atoms with E-state index in [9.17, 15) is 4.79 Å². The molecule has 0 aromatic rings. The summed E-state index contributed by atoms with van der Waals surface area (Å²) in [5, 5.41) is 1.13. The quantitative estimate of drug-likeness (QED) is 0.710. The van der Waals surface area contributed by atoms with Crippen molar-refractivity contribution in [2.45, 2.75) is 26.2 Å². The summed E-state index contributed by atoms with van der Waals surface area (Å²) in [6.07, 6.45) is 3.28. The smallest absolute Gasteiger partial charge is 0.131 e. The van der Waals surface area contributed by atoms with Crippen LogP contribution in [0.25, 0.3) is 0 Å². The SMILES string of the molecule is CC(=O)CCN1CCC(CBr)CC1. The van der Waals surface area contributed by atoms with Crippen molar-refractivity contribution in [3.8, 4) is 0 Å². The van der Waals surface area contributed by atoms with Gasteiger partial charge < -0.3 is 4.90 Å². The number of hydrogen-bond donors (Lipinski definition) is 0. The molecule has 1 heterocycles. The number of carbonyl (C=O) groups excluding carboxylic acids is 1. The predicted octanol–water partition coefficient (Wildman–Crippen LogP) is 2.07. The van der Waals surface area contributed by atoms with Crippen molar-refractivity contribution in [3.05, 3.63) is 0 Å². The second-order valence-electron chi connectivity index (χ2n) is 3.89. The number of hydrogen-bond acceptors (Lipinski definition) is 2. The van der Waals surface area contributed by atoms with E-state index >= 15 is 0 Å². The lowest BCUT2D eigenvalue weighted by molar-refractivity contribution is -0.117. The highest BCUT2D eigenvalue weighted by Gasteiger charge is 2.17. The fourth-order valence-electron chi connectivity index (χ4n) is 1.68. The Labute approximate surface area is 88.8 Å². The Hall–Kier alpha value is 0.110. The molecule has 13 heavy (non-hydrogen) atoms. The van der Waals surface area contributed by atoms with Crippen LogP contribution in [0.4, 0.5) is 0 Å². The molecule has 0 aliphatic carbocycles. The summed E-state index contributed by atoms with van der Waals surface area (Å²) in [6, 6.07) is 0. The number of alkyl halides is 1. The van der Waals surface area contributed by atoms with E-state index in [1.54, 1.807) is 6.92 Å². The first-order valence-corrected chi connectivity index (χ1v) is 6.12. The summed E-state index contributed by atoms with van der Waals surface area (Å²) in [7, 11) is 0. The number of nitrogens with zero attached hydrogens (tertiary/aromatic N) is 1. The maximum atomic E-state index is 10.8. The first-order valence-electron chi connectivity index (χ1n) is 5.00. The minimum absolute atomic E-state index is 0.308. The molecule has 2 nitrogen and oxygen atoms in total. The molecular formula is C10H18BrNO. The van der Waals surface area contributed by atoms with E-state index in [0.29, 0.717) is 5.78 Å². The molecule has 0 bridgehead atoms. The molecule has 1 fully saturated rings. The third kappa shape index (κ3) is 4.23. The summed E-state index contributed by atoms with van der Waals surface area (Å²) in [5.74, 6) is 1.16. The summed E-state index contributed by atoms with van der Waals surface area (Å²) in [4.78, 5) is 13.2. The molecule has 0 aromatic heterocycles. The van der Waals surface area contributed by atoms with Gasteiger partial charge in [-0.05, 0) is 38.8 Å². The van der Waals surface area contributed by atoms with Gasteiger partial charge in [0.2, 0.25) is 0 Å². The summed E-state index contributed by atoms with van der Waals surface area (Å²) < 4.78 is 0. The highest BCUT2D eigenvalue weighted by atomic mass is 79.9. The molecule has 0 saturated carbocycles. The monoisotopic (exact) mass is 247 g/mol. The van der Waals surface area contributed by atoms with Gasteiger partial charge in [-0.25, -0.2) is 0 Å². The zero-order valence-corrected chi connectivity index (χ0v) is 9.85. The minimum Gasteiger partial charge on any atom is -0.303 e. The Bertz CT molecular complexity index is 164. The van der Waals surface area contributed by atoms with E-state index in [4.69, 9.17) is 0 Å². The topological polar surface area (TPSA) is 20.3 Å². The Morgan fingerprint density at radius 3 is 2.54 bits per heavy atom. The molecule has 1 rings (SSSR count). The van der Waals surface area contributed by atoms with E-state index in [0.717, 1.165) is 24.2 Å². The van der Waals surface area contributed by atoms with E-state index < -0.39 is 0 Å². The maximum absolute atomic E-state index is 10.8. The van der Waals surface area contributed by atoms with Gasteiger partial charge in [-0.15, -0.1) is 0 Å². The van der Waals surface area contributed by atoms with Gasteiger partial charge in [0.1, 0.15) is 5.78 Å². The van der Waals surface area contributed by atoms with Crippen molar-refractivity contribution < 1.29 is 4.79 Å². The third-order valence-electron chi connectivity index (χ3n) is 2.71. The van der Waals surface area contributed by atoms with Gasteiger partial charge in [0.15, 0.2) is 0 Å². The molecule has 0 N–H and O–H groups in total. The predicted molar refractivity (Wildman–Crippen MR) is 58.3 cm³/mol. The van der Waals surface area contributed by atoms with Crippen LogP contribution in [0.2, 0.25) is 0 Å².